The number of carbonyl (C=O) groups is 2. The van der Waals surface area contributed by atoms with Crippen LogP contribution in [0.25, 0.3) is 0 Å². The first-order valence-corrected chi connectivity index (χ1v) is 8.70. The summed E-state index contributed by atoms with van der Waals surface area (Å²) < 4.78 is 0. The third kappa shape index (κ3) is 0.993. The van der Waals surface area contributed by atoms with Gasteiger partial charge < -0.3 is 0 Å². The number of benzene rings is 1. The van der Waals surface area contributed by atoms with Crippen molar-refractivity contribution in [2.24, 2.45) is 28.1 Å². The number of hydrogen-bond acceptors (Lipinski definition) is 2. The molecule has 0 saturated heterocycles. The molecule has 0 aliphatic heterocycles. The molecule has 0 radical (unpaired) electrons. The van der Waals surface area contributed by atoms with Crippen molar-refractivity contribution in [3.05, 3.63) is 59.7 Å². The fourth-order valence-corrected chi connectivity index (χ4v) is 6.82. The Morgan fingerprint density at radius 1 is 0.783 bits per heavy atom. The molecular weight excluding hydrogens is 284 g/mol. The van der Waals surface area contributed by atoms with E-state index < -0.39 is 10.8 Å². The van der Waals surface area contributed by atoms with Crippen LogP contribution in [0.15, 0.2) is 48.6 Å². The van der Waals surface area contributed by atoms with Crippen molar-refractivity contribution in [1.29, 1.82) is 0 Å². The maximum Gasteiger partial charge on any atom is 0.171 e. The summed E-state index contributed by atoms with van der Waals surface area (Å²) in [6.45, 7) is 0. The topological polar surface area (TPSA) is 34.1 Å². The average molecular weight is 302 g/mol. The summed E-state index contributed by atoms with van der Waals surface area (Å²) in [5.74, 6) is 0.991. The van der Waals surface area contributed by atoms with Gasteiger partial charge in [0.25, 0.3) is 0 Å². The molecule has 2 bridgehead atoms. The predicted molar refractivity (Wildman–Crippen MR) is 86.1 cm³/mol. The van der Waals surface area contributed by atoms with Gasteiger partial charge in [0, 0.05) is 11.1 Å². The lowest BCUT2D eigenvalue weighted by Gasteiger charge is -2.53. The molecule has 0 amide bonds. The molecule has 2 heteroatoms. The van der Waals surface area contributed by atoms with Gasteiger partial charge in [-0.2, -0.15) is 0 Å². The first-order valence-electron chi connectivity index (χ1n) is 8.70. The lowest BCUT2D eigenvalue weighted by molar-refractivity contribution is 0.0156. The second-order valence-corrected chi connectivity index (χ2v) is 8.10. The van der Waals surface area contributed by atoms with Crippen LogP contribution in [0.3, 0.4) is 0 Å². The van der Waals surface area contributed by atoms with Crippen molar-refractivity contribution in [1.82, 2.24) is 0 Å². The summed E-state index contributed by atoms with van der Waals surface area (Å²) in [6.07, 6.45) is 12.7. The first kappa shape index (κ1) is 12.5. The monoisotopic (exact) mass is 302 g/mol. The van der Waals surface area contributed by atoms with Crippen molar-refractivity contribution < 1.29 is 9.59 Å². The summed E-state index contributed by atoms with van der Waals surface area (Å²) >= 11 is 0. The summed E-state index contributed by atoms with van der Waals surface area (Å²) in [7, 11) is 0. The molecule has 0 heterocycles. The molecule has 1 aromatic carbocycles. The molecule has 0 aromatic heterocycles. The van der Waals surface area contributed by atoms with E-state index in [1.165, 1.54) is 12.8 Å². The largest absolute Gasteiger partial charge is 0.293 e. The van der Waals surface area contributed by atoms with Crippen LogP contribution < -0.4 is 0 Å². The molecule has 1 aromatic rings. The molecule has 6 rings (SSSR count). The Kier molecular flexibility index (Phi) is 1.86. The van der Waals surface area contributed by atoms with E-state index in [2.05, 4.69) is 24.3 Å². The fourth-order valence-electron chi connectivity index (χ4n) is 6.82. The van der Waals surface area contributed by atoms with Crippen LogP contribution in [-0.4, -0.2) is 11.6 Å². The Morgan fingerprint density at radius 2 is 1.26 bits per heavy atom. The smallest absolute Gasteiger partial charge is 0.171 e. The van der Waals surface area contributed by atoms with Gasteiger partial charge >= 0.3 is 0 Å². The molecular formula is C21H18O2. The van der Waals surface area contributed by atoms with Crippen molar-refractivity contribution in [2.75, 3.05) is 0 Å². The minimum Gasteiger partial charge on any atom is -0.293 e. The van der Waals surface area contributed by atoms with E-state index in [9.17, 15) is 9.59 Å². The van der Waals surface area contributed by atoms with Crippen LogP contribution in [-0.2, 0) is 0 Å². The maximum absolute atomic E-state index is 13.7. The zero-order valence-electron chi connectivity index (χ0n) is 12.9. The first-order chi connectivity index (χ1) is 11.2. The third-order valence-electron chi connectivity index (χ3n) is 7.69. The molecule has 0 unspecified atom stereocenters. The van der Waals surface area contributed by atoms with Gasteiger partial charge in [0.2, 0.25) is 0 Å². The van der Waals surface area contributed by atoms with Gasteiger partial charge in [0.05, 0.1) is 10.8 Å². The van der Waals surface area contributed by atoms with Crippen LogP contribution in [0.4, 0.5) is 0 Å². The highest BCUT2D eigenvalue weighted by molar-refractivity contribution is 6.21. The van der Waals surface area contributed by atoms with Crippen LogP contribution >= 0.6 is 0 Å². The highest BCUT2D eigenvalue weighted by Gasteiger charge is 2.83. The molecule has 5 aliphatic carbocycles. The Hall–Kier alpha value is -1.96. The molecule has 1 spiro atoms. The van der Waals surface area contributed by atoms with Crippen molar-refractivity contribution in [2.45, 2.75) is 25.7 Å². The highest BCUT2D eigenvalue weighted by atomic mass is 16.1. The molecule has 0 N–H and O–H groups in total. The normalized spacial score (nSPS) is 43.5. The van der Waals surface area contributed by atoms with E-state index in [1.807, 2.05) is 24.3 Å². The number of fused-ring (bicyclic) bond motifs is 1. The summed E-state index contributed by atoms with van der Waals surface area (Å²) in [6, 6.07) is 7.51. The molecule has 2 fully saturated rings. The number of carbonyl (C=O) groups excluding carboxylic acids is 2. The number of hydrogen-bond donors (Lipinski definition) is 0. The number of allylic oxidation sites excluding steroid dienone is 4. The van der Waals surface area contributed by atoms with Gasteiger partial charge in [-0.05, 0) is 42.9 Å². The van der Waals surface area contributed by atoms with Crippen LogP contribution in [0.2, 0.25) is 0 Å². The zero-order valence-corrected chi connectivity index (χ0v) is 12.9. The Morgan fingerprint density at radius 3 is 1.70 bits per heavy atom. The van der Waals surface area contributed by atoms with Gasteiger partial charge in [0.1, 0.15) is 0 Å². The van der Waals surface area contributed by atoms with Crippen LogP contribution in [0.5, 0.6) is 0 Å². The third-order valence-corrected chi connectivity index (χ3v) is 7.69. The molecule has 2 saturated carbocycles. The number of rotatable bonds is 0. The predicted octanol–water partition coefficient (Wildman–Crippen LogP) is 3.98. The standard InChI is InChI=1S/C21H18O2/c22-17-13-5-1-2-6-14(13)18(23)21-10-4-3-9-20(17,21)15-7-8-16(21)19(15)11-12-19/h1-8,15-16H,9-12H2/t15-,16+,20-,21+. The van der Waals surface area contributed by atoms with E-state index in [0.717, 1.165) is 12.8 Å². The van der Waals surface area contributed by atoms with Gasteiger partial charge in [-0.1, -0.05) is 48.6 Å². The molecule has 4 atom stereocenters. The van der Waals surface area contributed by atoms with Gasteiger partial charge in [-0.15, -0.1) is 0 Å². The maximum atomic E-state index is 13.7. The minimum absolute atomic E-state index is 0.208. The summed E-state index contributed by atoms with van der Waals surface area (Å²) in [5, 5.41) is 0. The highest BCUT2D eigenvalue weighted by Crippen LogP contribution is 2.83. The zero-order chi connectivity index (χ0) is 15.4. The van der Waals surface area contributed by atoms with E-state index in [1.54, 1.807) is 0 Å². The second kappa shape index (κ2) is 3.43. The summed E-state index contributed by atoms with van der Waals surface area (Å²) in [5.41, 5.74) is 0.520. The number of ketones is 2. The molecule has 5 aliphatic rings. The van der Waals surface area contributed by atoms with Crippen molar-refractivity contribution in [3.8, 4) is 0 Å². The van der Waals surface area contributed by atoms with E-state index in [4.69, 9.17) is 0 Å². The van der Waals surface area contributed by atoms with Gasteiger partial charge in [-0.3, -0.25) is 9.59 Å². The van der Waals surface area contributed by atoms with E-state index >= 15 is 0 Å². The van der Waals surface area contributed by atoms with Crippen molar-refractivity contribution in [3.63, 3.8) is 0 Å². The quantitative estimate of drug-likeness (QED) is 0.679. The van der Waals surface area contributed by atoms with E-state index in [0.29, 0.717) is 11.1 Å². The van der Waals surface area contributed by atoms with Crippen LogP contribution in [0.1, 0.15) is 46.4 Å². The average Bonchev–Trinajstić information content (AvgIpc) is 3.25. The molecule has 23 heavy (non-hydrogen) atoms. The van der Waals surface area contributed by atoms with Gasteiger partial charge in [0.15, 0.2) is 11.6 Å². The van der Waals surface area contributed by atoms with Crippen LogP contribution in [0, 0.1) is 28.1 Å². The number of Topliss-reactive ketones (excluding diaryl/α,β-unsaturated/α-hetero) is 2. The second-order valence-electron chi connectivity index (χ2n) is 8.10. The Balaban J connectivity index is 1.74. The lowest BCUT2D eigenvalue weighted by atomic mass is 9.46. The SMILES string of the molecule is O=C1c2ccccc2C(=O)[C@@]23CC=CC[C@@]12[C@@H]1C=C[C@H]3C12CC2. The summed E-state index contributed by atoms with van der Waals surface area (Å²) in [4.78, 5) is 27.4. The van der Waals surface area contributed by atoms with Crippen molar-refractivity contribution >= 4 is 11.6 Å². The molecule has 114 valence electrons. The Bertz CT molecular complexity index is 791. The lowest BCUT2D eigenvalue weighted by Crippen LogP contribution is -2.58. The fraction of sp³-hybridized carbons (Fsp3) is 0.429. The van der Waals surface area contributed by atoms with Gasteiger partial charge in [-0.25, -0.2) is 0 Å². The molecule has 2 nitrogen and oxygen atoms in total. The Labute approximate surface area is 135 Å². The van der Waals surface area contributed by atoms with E-state index in [-0.39, 0.29) is 28.8 Å². The minimum atomic E-state index is -0.511.